The summed E-state index contributed by atoms with van der Waals surface area (Å²) in [6, 6.07) is 11.0. The van der Waals surface area contributed by atoms with Crippen molar-refractivity contribution in [1.29, 1.82) is 5.26 Å². The molecule has 0 heterocycles. The van der Waals surface area contributed by atoms with Gasteiger partial charge in [-0.05, 0) is 50.3 Å². The average Bonchev–Trinajstić information content (AvgIpc) is 2.26. The van der Waals surface area contributed by atoms with Gasteiger partial charge >= 0.3 is 0 Å². The highest BCUT2D eigenvalue weighted by Crippen LogP contribution is 2.30. The third-order valence-electron chi connectivity index (χ3n) is 3.89. The van der Waals surface area contributed by atoms with Gasteiger partial charge in [0.25, 0.3) is 0 Å². The Labute approximate surface area is 104 Å². The molecule has 2 nitrogen and oxygen atoms in total. The molecule has 1 aromatic carbocycles. The summed E-state index contributed by atoms with van der Waals surface area (Å²) in [5, 5.41) is 12.5. The van der Waals surface area contributed by atoms with Crippen molar-refractivity contribution in [3.05, 3.63) is 35.4 Å². The van der Waals surface area contributed by atoms with Crippen LogP contribution >= 0.6 is 0 Å². The van der Waals surface area contributed by atoms with E-state index in [-0.39, 0.29) is 0 Å². The average molecular weight is 228 g/mol. The zero-order valence-corrected chi connectivity index (χ0v) is 10.6. The second-order valence-electron chi connectivity index (χ2n) is 5.11. The van der Waals surface area contributed by atoms with E-state index in [1.54, 1.807) is 0 Å². The van der Waals surface area contributed by atoms with Gasteiger partial charge in [-0.3, -0.25) is 0 Å². The van der Waals surface area contributed by atoms with E-state index >= 15 is 0 Å². The second kappa shape index (κ2) is 5.33. The highest BCUT2D eigenvalue weighted by molar-refractivity contribution is 5.34. The topological polar surface area (TPSA) is 35.8 Å². The minimum atomic E-state index is 0.318. The van der Waals surface area contributed by atoms with Crippen LogP contribution in [0.15, 0.2) is 24.3 Å². The van der Waals surface area contributed by atoms with Crippen molar-refractivity contribution in [1.82, 2.24) is 5.32 Å². The monoisotopic (exact) mass is 228 g/mol. The summed E-state index contributed by atoms with van der Waals surface area (Å²) >= 11 is 0. The second-order valence-corrected chi connectivity index (χ2v) is 5.11. The van der Waals surface area contributed by atoms with Crippen LogP contribution in [0.3, 0.4) is 0 Å². The predicted octanol–water partition coefficient (Wildman–Crippen LogP) is 3.40. The fourth-order valence-electron chi connectivity index (χ4n) is 2.44. The summed E-state index contributed by atoms with van der Waals surface area (Å²) in [5.41, 5.74) is 1.95. The molecule has 1 N–H and O–H groups in total. The first-order valence-corrected chi connectivity index (χ1v) is 6.47. The third kappa shape index (κ3) is 2.87. The number of nitrogens with one attached hydrogen (secondary N) is 1. The van der Waals surface area contributed by atoms with Crippen LogP contribution in [0.5, 0.6) is 0 Å². The Hall–Kier alpha value is -1.33. The first kappa shape index (κ1) is 12.1. The number of nitrogens with zero attached hydrogens (tertiary/aromatic N) is 1. The quantitative estimate of drug-likeness (QED) is 0.857. The third-order valence-corrected chi connectivity index (χ3v) is 3.89. The molecule has 2 rings (SSSR count). The molecule has 1 aromatic rings. The van der Waals surface area contributed by atoms with E-state index in [0.717, 1.165) is 11.5 Å². The summed E-state index contributed by atoms with van der Waals surface area (Å²) in [6.07, 6.45) is 4.10. The van der Waals surface area contributed by atoms with Gasteiger partial charge in [-0.1, -0.05) is 18.6 Å². The fraction of sp³-hybridized carbons (Fsp3) is 0.533. The van der Waals surface area contributed by atoms with E-state index in [1.165, 1.54) is 24.8 Å². The van der Waals surface area contributed by atoms with Crippen LogP contribution in [0.1, 0.15) is 50.3 Å². The summed E-state index contributed by atoms with van der Waals surface area (Å²) in [5.74, 6) is 0.844. The van der Waals surface area contributed by atoms with Gasteiger partial charge < -0.3 is 5.32 Å². The zero-order chi connectivity index (χ0) is 12.3. The van der Waals surface area contributed by atoms with Crippen molar-refractivity contribution in [3.8, 4) is 6.07 Å². The van der Waals surface area contributed by atoms with E-state index < -0.39 is 0 Å². The molecule has 0 amide bonds. The molecule has 0 spiro atoms. The molecular weight excluding hydrogens is 208 g/mol. The molecule has 0 radical (unpaired) electrons. The van der Waals surface area contributed by atoms with Crippen LogP contribution in [0.25, 0.3) is 0 Å². The Bertz CT molecular complexity index is 415. The van der Waals surface area contributed by atoms with Crippen molar-refractivity contribution in [3.63, 3.8) is 0 Å². The summed E-state index contributed by atoms with van der Waals surface area (Å²) in [6.45, 7) is 4.44. The number of hydrogen-bond acceptors (Lipinski definition) is 2. The number of benzene rings is 1. The van der Waals surface area contributed by atoms with Gasteiger partial charge in [0, 0.05) is 12.1 Å². The lowest BCUT2D eigenvalue weighted by Gasteiger charge is -2.34. The summed E-state index contributed by atoms with van der Waals surface area (Å²) in [7, 11) is 0. The lowest BCUT2D eigenvalue weighted by atomic mass is 9.80. The van der Waals surface area contributed by atoms with Crippen LogP contribution < -0.4 is 5.32 Å². The van der Waals surface area contributed by atoms with Crippen molar-refractivity contribution in [2.75, 3.05) is 0 Å². The molecule has 1 fully saturated rings. The molecule has 0 aliphatic heterocycles. The van der Waals surface area contributed by atoms with Crippen LogP contribution in [0.2, 0.25) is 0 Å². The summed E-state index contributed by atoms with van der Waals surface area (Å²) in [4.78, 5) is 0. The number of nitriles is 1. The molecule has 0 aromatic heterocycles. The maximum Gasteiger partial charge on any atom is 0.0991 e. The molecule has 17 heavy (non-hydrogen) atoms. The van der Waals surface area contributed by atoms with Crippen LogP contribution in [0.4, 0.5) is 0 Å². The van der Waals surface area contributed by atoms with Crippen LogP contribution in [-0.2, 0) is 0 Å². The Kier molecular flexibility index (Phi) is 3.81. The summed E-state index contributed by atoms with van der Waals surface area (Å²) < 4.78 is 0. The maximum absolute atomic E-state index is 8.89. The number of rotatable bonds is 4. The van der Waals surface area contributed by atoms with Gasteiger partial charge in [-0.25, -0.2) is 0 Å². The van der Waals surface area contributed by atoms with Gasteiger partial charge in [0.1, 0.15) is 0 Å². The Morgan fingerprint density at radius 1 is 1.35 bits per heavy atom. The van der Waals surface area contributed by atoms with Crippen LogP contribution in [-0.4, -0.2) is 6.04 Å². The van der Waals surface area contributed by atoms with Gasteiger partial charge in [-0.2, -0.15) is 5.26 Å². The minimum Gasteiger partial charge on any atom is -0.307 e. The number of hydrogen-bond donors (Lipinski definition) is 1. The van der Waals surface area contributed by atoms with Crippen LogP contribution in [0, 0.1) is 17.2 Å². The molecule has 90 valence electrons. The molecule has 1 aliphatic rings. The van der Waals surface area contributed by atoms with Crippen molar-refractivity contribution >= 4 is 0 Å². The Balaban J connectivity index is 1.98. The van der Waals surface area contributed by atoms with E-state index in [4.69, 9.17) is 5.26 Å². The van der Waals surface area contributed by atoms with Crippen molar-refractivity contribution < 1.29 is 0 Å². The molecule has 1 saturated carbocycles. The lowest BCUT2D eigenvalue weighted by Crippen LogP contribution is -2.38. The largest absolute Gasteiger partial charge is 0.307 e. The highest BCUT2D eigenvalue weighted by Gasteiger charge is 2.24. The molecule has 2 unspecified atom stereocenters. The smallest absolute Gasteiger partial charge is 0.0991 e. The van der Waals surface area contributed by atoms with Crippen molar-refractivity contribution in [2.24, 2.45) is 5.92 Å². The Morgan fingerprint density at radius 2 is 2.12 bits per heavy atom. The lowest BCUT2D eigenvalue weighted by molar-refractivity contribution is 0.230. The van der Waals surface area contributed by atoms with Gasteiger partial charge in [0.15, 0.2) is 0 Å². The molecule has 2 heteroatoms. The maximum atomic E-state index is 8.89. The molecule has 0 bridgehead atoms. The van der Waals surface area contributed by atoms with E-state index in [0.29, 0.717) is 12.1 Å². The zero-order valence-electron chi connectivity index (χ0n) is 10.6. The van der Waals surface area contributed by atoms with Gasteiger partial charge in [0.05, 0.1) is 11.6 Å². The normalized spacial score (nSPS) is 19.1. The molecule has 0 saturated heterocycles. The van der Waals surface area contributed by atoms with Gasteiger partial charge in [-0.15, -0.1) is 0 Å². The molecule has 1 aliphatic carbocycles. The standard InChI is InChI=1S/C15H20N2/c1-11(14-6-4-7-14)17-12(2)15-8-3-5-13(9-15)10-16/h3,5,8-9,11-12,14,17H,4,6-7H2,1-2H3. The van der Waals surface area contributed by atoms with Gasteiger partial charge in [0.2, 0.25) is 0 Å². The van der Waals surface area contributed by atoms with E-state index in [9.17, 15) is 0 Å². The van der Waals surface area contributed by atoms with E-state index in [2.05, 4.69) is 31.3 Å². The fourth-order valence-corrected chi connectivity index (χ4v) is 2.44. The molecule has 2 atom stereocenters. The first-order chi connectivity index (χ1) is 8.20. The molecular formula is C15H20N2. The highest BCUT2D eigenvalue weighted by atomic mass is 14.9. The minimum absolute atomic E-state index is 0.318. The first-order valence-electron chi connectivity index (χ1n) is 6.47. The Morgan fingerprint density at radius 3 is 2.71 bits per heavy atom. The van der Waals surface area contributed by atoms with Crippen molar-refractivity contribution in [2.45, 2.75) is 45.2 Å². The predicted molar refractivity (Wildman–Crippen MR) is 69.5 cm³/mol. The van der Waals surface area contributed by atoms with E-state index in [1.807, 2.05) is 18.2 Å². The SMILES string of the molecule is CC(NC(C)C1CCC1)c1cccc(C#N)c1.